The van der Waals surface area contributed by atoms with Gasteiger partial charge in [0.15, 0.2) is 0 Å². The van der Waals surface area contributed by atoms with E-state index in [9.17, 15) is 4.79 Å². The van der Waals surface area contributed by atoms with E-state index in [1.165, 1.54) is 12.0 Å². The highest BCUT2D eigenvalue weighted by Gasteiger charge is 2.23. The summed E-state index contributed by atoms with van der Waals surface area (Å²) in [5, 5.41) is 6.43. The number of halogens is 2. The van der Waals surface area contributed by atoms with Gasteiger partial charge in [0, 0.05) is 32.2 Å². The van der Waals surface area contributed by atoms with Crippen LogP contribution in [0.3, 0.4) is 0 Å². The molecule has 0 radical (unpaired) electrons. The van der Waals surface area contributed by atoms with E-state index in [1.807, 2.05) is 6.07 Å². The van der Waals surface area contributed by atoms with Gasteiger partial charge in [-0.05, 0) is 24.9 Å². The molecule has 2 aliphatic heterocycles. The third-order valence-electron chi connectivity index (χ3n) is 4.59. The van der Waals surface area contributed by atoms with E-state index in [4.69, 9.17) is 4.74 Å². The zero-order valence-electron chi connectivity index (χ0n) is 14.5. The molecule has 1 aromatic rings. The fraction of sp³-hybridized carbons (Fsp3) is 0.611. The van der Waals surface area contributed by atoms with Gasteiger partial charge in [0.1, 0.15) is 0 Å². The van der Waals surface area contributed by atoms with Crippen molar-refractivity contribution in [1.29, 1.82) is 0 Å². The first kappa shape index (κ1) is 22.2. The summed E-state index contributed by atoms with van der Waals surface area (Å²) in [6, 6.07) is 10.9. The van der Waals surface area contributed by atoms with Crippen LogP contribution in [0.1, 0.15) is 24.8 Å². The molecule has 0 aliphatic carbocycles. The predicted molar refractivity (Wildman–Crippen MR) is 105 cm³/mol. The van der Waals surface area contributed by atoms with Crippen LogP contribution in [0.25, 0.3) is 0 Å². The minimum Gasteiger partial charge on any atom is -0.375 e. The SMILES string of the molecule is Cl.Cl.O=C(CC1CN(Cc2ccccc2)CCO1)NCC1CCCN1. The van der Waals surface area contributed by atoms with E-state index in [-0.39, 0.29) is 36.8 Å². The van der Waals surface area contributed by atoms with Gasteiger partial charge in [-0.1, -0.05) is 30.3 Å². The van der Waals surface area contributed by atoms with Crippen LogP contribution in [0.2, 0.25) is 0 Å². The monoisotopic (exact) mass is 389 g/mol. The lowest BCUT2D eigenvalue weighted by molar-refractivity contribution is -0.126. The van der Waals surface area contributed by atoms with Crippen LogP contribution in [-0.4, -0.2) is 55.7 Å². The number of rotatable bonds is 6. The molecule has 25 heavy (non-hydrogen) atoms. The minimum atomic E-state index is 0. The van der Waals surface area contributed by atoms with Gasteiger partial charge in [0.05, 0.1) is 19.1 Å². The summed E-state index contributed by atoms with van der Waals surface area (Å²) >= 11 is 0. The number of hydrogen-bond acceptors (Lipinski definition) is 4. The van der Waals surface area contributed by atoms with Gasteiger partial charge in [0.2, 0.25) is 5.91 Å². The summed E-state index contributed by atoms with van der Waals surface area (Å²) in [6.07, 6.45) is 2.83. The molecule has 0 bridgehead atoms. The van der Waals surface area contributed by atoms with Gasteiger partial charge in [-0.3, -0.25) is 9.69 Å². The maximum absolute atomic E-state index is 12.1. The van der Waals surface area contributed by atoms with Crippen LogP contribution in [0.15, 0.2) is 30.3 Å². The van der Waals surface area contributed by atoms with Gasteiger partial charge in [0.25, 0.3) is 0 Å². The second-order valence-electron chi connectivity index (χ2n) is 6.51. The molecule has 3 rings (SSSR count). The molecule has 2 N–H and O–H groups in total. The maximum atomic E-state index is 12.1. The molecule has 7 heteroatoms. The molecule has 2 aliphatic rings. The Morgan fingerprint density at radius 3 is 2.80 bits per heavy atom. The molecule has 0 spiro atoms. The average Bonchev–Trinajstić information content (AvgIpc) is 3.08. The number of ether oxygens (including phenoxy) is 1. The standard InChI is InChI=1S/C18H27N3O2.2ClH/c22-18(20-12-16-7-4-8-19-16)11-17-14-21(9-10-23-17)13-15-5-2-1-3-6-15;;/h1-3,5-6,16-17,19H,4,7-14H2,(H,20,22);2*1H. The van der Waals surface area contributed by atoms with Crippen LogP contribution in [0, 0.1) is 0 Å². The number of nitrogens with one attached hydrogen (secondary N) is 2. The molecule has 2 unspecified atom stereocenters. The van der Waals surface area contributed by atoms with Crippen LogP contribution >= 0.6 is 24.8 Å². The van der Waals surface area contributed by atoms with E-state index < -0.39 is 0 Å². The van der Waals surface area contributed by atoms with Crippen molar-refractivity contribution in [2.45, 2.75) is 38.0 Å². The first-order chi connectivity index (χ1) is 11.3. The molecule has 2 atom stereocenters. The van der Waals surface area contributed by atoms with E-state index in [1.54, 1.807) is 0 Å². The number of morpholine rings is 1. The topological polar surface area (TPSA) is 53.6 Å². The number of hydrogen-bond donors (Lipinski definition) is 2. The Kier molecular flexibility index (Phi) is 10.4. The Hall–Kier alpha value is -0.850. The van der Waals surface area contributed by atoms with Crippen molar-refractivity contribution in [1.82, 2.24) is 15.5 Å². The van der Waals surface area contributed by atoms with Gasteiger partial charge in [-0.2, -0.15) is 0 Å². The third-order valence-corrected chi connectivity index (χ3v) is 4.59. The van der Waals surface area contributed by atoms with E-state index in [0.29, 0.717) is 19.1 Å². The number of amides is 1. The van der Waals surface area contributed by atoms with Gasteiger partial charge >= 0.3 is 0 Å². The molecule has 2 fully saturated rings. The van der Waals surface area contributed by atoms with Crippen molar-refractivity contribution in [3.8, 4) is 0 Å². The molecule has 142 valence electrons. The molecule has 2 heterocycles. The van der Waals surface area contributed by atoms with Crippen molar-refractivity contribution >= 4 is 30.7 Å². The molecular formula is C18H29Cl2N3O2. The van der Waals surface area contributed by atoms with Gasteiger partial charge in [-0.15, -0.1) is 24.8 Å². The van der Waals surface area contributed by atoms with Crippen LogP contribution in [0.4, 0.5) is 0 Å². The highest BCUT2D eigenvalue weighted by molar-refractivity contribution is 5.85. The Bertz CT molecular complexity index is 498. The lowest BCUT2D eigenvalue weighted by atomic mass is 10.1. The fourth-order valence-corrected chi connectivity index (χ4v) is 3.34. The number of benzene rings is 1. The van der Waals surface area contributed by atoms with Crippen molar-refractivity contribution in [2.75, 3.05) is 32.8 Å². The zero-order valence-corrected chi connectivity index (χ0v) is 16.1. The number of carbonyl (C=O) groups excluding carboxylic acids is 1. The summed E-state index contributed by atoms with van der Waals surface area (Å²) < 4.78 is 5.77. The summed E-state index contributed by atoms with van der Waals surface area (Å²) in [5.74, 6) is 0.102. The number of nitrogens with zero attached hydrogens (tertiary/aromatic N) is 1. The van der Waals surface area contributed by atoms with E-state index >= 15 is 0 Å². The third kappa shape index (κ3) is 7.50. The fourth-order valence-electron chi connectivity index (χ4n) is 3.34. The van der Waals surface area contributed by atoms with Crippen LogP contribution in [0.5, 0.6) is 0 Å². The predicted octanol–water partition coefficient (Wildman–Crippen LogP) is 1.99. The molecule has 0 aromatic heterocycles. The van der Waals surface area contributed by atoms with E-state index in [2.05, 4.69) is 39.8 Å². The summed E-state index contributed by atoms with van der Waals surface area (Å²) in [5.41, 5.74) is 1.31. The van der Waals surface area contributed by atoms with E-state index in [0.717, 1.165) is 39.1 Å². The molecule has 0 saturated carbocycles. The molecule has 1 aromatic carbocycles. The van der Waals surface area contributed by atoms with Crippen molar-refractivity contribution in [3.05, 3.63) is 35.9 Å². The lowest BCUT2D eigenvalue weighted by Gasteiger charge is -2.32. The first-order valence-corrected chi connectivity index (χ1v) is 8.67. The second-order valence-corrected chi connectivity index (χ2v) is 6.51. The quantitative estimate of drug-likeness (QED) is 0.780. The minimum absolute atomic E-state index is 0. The number of carbonyl (C=O) groups is 1. The lowest BCUT2D eigenvalue weighted by Crippen LogP contribution is -2.45. The zero-order chi connectivity index (χ0) is 15.9. The Labute approximate surface area is 162 Å². The first-order valence-electron chi connectivity index (χ1n) is 8.67. The molecule has 5 nitrogen and oxygen atoms in total. The van der Waals surface area contributed by atoms with Crippen molar-refractivity contribution < 1.29 is 9.53 Å². The summed E-state index contributed by atoms with van der Waals surface area (Å²) in [6.45, 7) is 5.19. The summed E-state index contributed by atoms with van der Waals surface area (Å²) in [4.78, 5) is 14.5. The van der Waals surface area contributed by atoms with Crippen molar-refractivity contribution in [2.24, 2.45) is 0 Å². The highest BCUT2D eigenvalue weighted by Crippen LogP contribution is 2.12. The van der Waals surface area contributed by atoms with Crippen molar-refractivity contribution in [3.63, 3.8) is 0 Å². The Balaban J connectivity index is 0.00000156. The molecule has 2 saturated heterocycles. The normalized spacial score (nSPS) is 23.4. The Morgan fingerprint density at radius 2 is 2.08 bits per heavy atom. The largest absolute Gasteiger partial charge is 0.375 e. The Morgan fingerprint density at radius 1 is 1.28 bits per heavy atom. The van der Waals surface area contributed by atoms with Gasteiger partial charge in [-0.25, -0.2) is 0 Å². The second kappa shape index (κ2) is 11.7. The summed E-state index contributed by atoms with van der Waals surface area (Å²) in [7, 11) is 0. The highest BCUT2D eigenvalue weighted by atomic mass is 35.5. The molecular weight excluding hydrogens is 361 g/mol. The van der Waals surface area contributed by atoms with Gasteiger partial charge < -0.3 is 15.4 Å². The molecule has 1 amide bonds. The smallest absolute Gasteiger partial charge is 0.222 e. The van der Waals surface area contributed by atoms with Crippen LogP contribution < -0.4 is 10.6 Å². The maximum Gasteiger partial charge on any atom is 0.222 e. The average molecular weight is 390 g/mol. The van der Waals surface area contributed by atoms with Crippen LogP contribution in [-0.2, 0) is 16.1 Å².